The molecule has 1 amide bonds. The summed E-state index contributed by atoms with van der Waals surface area (Å²) in [5.41, 5.74) is 6.09. The lowest BCUT2D eigenvalue weighted by Crippen LogP contribution is -2.25. The first kappa shape index (κ1) is 23.4. The molecule has 0 heterocycles. The van der Waals surface area contributed by atoms with Crippen LogP contribution in [-0.4, -0.2) is 30.4 Å². The van der Waals surface area contributed by atoms with Crippen molar-refractivity contribution in [3.63, 3.8) is 0 Å². The number of amides is 1. The smallest absolute Gasteiger partial charge is 0.296 e. The van der Waals surface area contributed by atoms with Gasteiger partial charge in [0.1, 0.15) is 4.90 Å². The summed E-state index contributed by atoms with van der Waals surface area (Å²) in [6.07, 6.45) is 0. The van der Waals surface area contributed by atoms with E-state index >= 15 is 0 Å². The topological polar surface area (TPSA) is 156 Å². The molecule has 1 aliphatic rings. The molecule has 0 aliphatic heterocycles. The average Bonchev–Trinajstić information content (AvgIpc) is 2.78. The van der Waals surface area contributed by atoms with Gasteiger partial charge in [0.25, 0.3) is 16.0 Å². The Bertz CT molecular complexity index is 1510. The number of anilines is 4. The van der Waals surface area contributed by atoms with Crippen LogP contribution in [0, 0.1) is 0 Å². The number of carbonyl (C=O) groups is 3. The SMILES string of the molecule is C=C(Br)C(=O)Nc1ccc(Nc2cc(S(=O)(=O)O)c(N)c3c2C(=O)c2ccccc2C3=O)cc1. The van der Waals surface area contributed by atoms with E-state index in [1.54, 1.807) is 36.4 Å². The molecule has 11 heteroatoms. The molecule has 0 bridgehead atoms. The van der Waals surface area contributed by atoms with Crippen molar-refractivity contribution in [3.8, 4) is 0 Å². The van der Waals surface area contributed by atoms with Gasteiger partial charge in [-0.2, -0.15) is 8.42 Å². The fourth-order valence-electron chi connectivity index (χ4n) is 3.60. The van der Waals surface area contributed by atoms with Gasteiger partial charge in [-0.1, -0.05) is 30.8 Å². The van der Waals surface area contributed by atoms with E-state index in [1.807, 2.05) is 0 Å². The monoisotopic (exact) mass is 541 g/mol. The Kier molecular flexibility index (Phi) is 5.86. The largest absolute Gasteiger partial charge is 0.397 e. The highest BCUT2D eigenvalue weighted by Gasteiger charge is 2.36. The molecule has 0 radical (unpaired) electrons. The molecule has 0 saturated heterocycles. The van der Waals surface area contributed by atoms with Gasteiger partial charge in [0.15, 0.2) is 11.6 Å². The molecule has 5 N–H and O–H groups in total. The van der Waals surface area contributed by atoms with Crippen LogP contribution in [0.1, 0.15) is 31.8 Å². The summed E-state index contributed by atoms with van der Waals surface area (Å²) in [6.45, 7) is 3.48. The third-order valence-electron chi connectivity index (χ3n) is 5.15. The Hall–Kier alpha value is -3.80. The van der Waals surface area contributed by atoms with Gasteiger partial charge in [-0.25, -0.2) is 0 Å². The van der Waals surface area contributed by atoms with Crippen molar-refractivity contribution in [2.45, 2.75) is 4.90 Å². The van der Waals surface area contributed by atoms with Crippen molar-refractivity contribution in [1.29, 1.82) is 0 Å². The Morgan fingerprint density at radius 3 is 2.00 bits per heavy atom. The van der Waals surface area contributed by atoms with E-state index in [1.165, 1.54) is 12.1 Å². The summed E-state index contributed by atoms with van der Waals surface area (Å²) in [7, 11) is -4.82. The number of fused-ring (bicyclic) bond motifs is 2. The van der Waals surface area contributed by atoms with Crippen LogP contribution < -0.4 is 16.4 Å². The summed E-state index contributed by atoms with van der Waals surface area (Å²) in [4.78, 5) is 37.5. The maximum absolute atomic E-state index is 13.3. The minimum absolute atomic E-state index is 0.0321. The van der Waals surface area contributed by atoms with Gasteiger partial charge in [-0.05, 0) is 46.3 Å². The van der Waals surface area contributed by atoms with E-state index < -0.39 is 38.2 Å². The number of carbonyl (C=O) groups excluding carboxylic acids is 3. The van der Waals surface area contributed by atoms with E-state index in [4.69, 9.17) is 5.73 Å². The molecule has 0 saturated carbocycles. The second kappa shape index (κ2) is 8.52. The zero-order valence-corrected chi connectivity index (χ0v) is 19.7. The number of nitrogen functional groups attached to an aromatic ring is 1. The van der Waals surface area contributed by atoms with Crippen LogP contribution in [0.3, 0.4) is 0 Å². The van der Waals surface area contributed by atoms with E-state index in [9.17, 15) is 27.4 Å². The highest BCUT2D eigenvalue weighted by molar-refractivity contribution is 9.12. The predicted molar refractivity (Wildman–Crippen MR) is 130 cm³/mol. The second-order valence-electron chi connectivity index (χ2n) is 7.33. The highest BCUT2D eigenvalue weighted by Crippen LogP contribution is 2.40. The first-order valence-corrected chi connectivity index (χ1v) is 11.9. The standard InChI is InChI=1S/C23H16BrN3O6S/c1-11(24)23(30)27-13-8-6-12(7-9-13)26-16-10-17(34(31,32)33)20(25)19-18(16)21(28)14-4-2-3-5-15(14)22(19)29/h2-10,26H,1,25H2,(H,27,30)(H,31,32,33). The predicted octanol–water partition coefficient (Wildman–Crippen LogP) is 3.88. The first-order valence-electron chi connectivity index (χ1n) is 9.64. The molecule has 0 fully saturated rings. The minimum atomic E-state index is -4.82. The molecule has 0 aromatic heterocycles. The lowest BCUT2D eigenvalue weighted by molar-refractivity contribution is -0.112. The van der Waals surface area contributed by atoms with Gasteiger partial charge in [-0.15, -0.1) is 0 Å². The van der Waals surface area contributed by atoms with Gasteiger partial charge in [-0.3, -0.25) is 18.9 Å². The summed E-state index contributed by atoms with van der Waals surface area (Å²) >= 11 is 2.98. The summed E-state index contributed by atoms with van der Waals surface area (Å²) in [5, 5.41) is 5.52. The van der Waals surface area contributed by atoms with Crippen molar-refractivity contribution in [2.24, 2.45) is 0 Å². The molecule has 3 aromatic carbocycles. The van der Waals surface area contributed by atoms with Crippen LogP contribution in [0.15, 0.2) is 70.6 Å². The summed E-state index contributed by atoms with van der Waals surface area (Å²) < 4.78 is 33.8. The number of hydrogen-bond acceptors (Lipinski definition) is 7. The second-order valence-corrected chi connectivity index (χ2v) is 9.67. The molecule has 34 heavy (non-hydrogen) atoms. The van der Waals surface area contributed by atoms with Gasteiger partial charge < -0.3 is 16.4 Å². The Labute approximate surface area is 202 Å². The van der Waals surface area contributed by atoms with Crippen molar-refractivity contribution < 1.29 is 27.4 Å². The molecular weight excluding hydrogens is 526 g/mol. The fraction of sp³-hybridized carbons (Fsp3) is 0. The Morgan fingerprint density at radius 1 is 0.941 bits per heavy atom. The number of ketones is 2. The normalized spacial score (nSPS) is 12.5. The van der Waals surface area contributed by atoms with Crippen molar-refractivity contribution in [1.82, 2.24) is 0 Å². The minimum Gasteiger partial charge on any atom is -0.397 e. The average molecular weight is 542 g/mol. The molecule has 0 atom stereocenters. The molecule has 9 nitrogen and oxygen atoms in total. The van der Waals surface area contributed by atoms with Crippen molar-refractivity contribution >= 4 is 66.3 Å². The number of rotatable bonds is 5. The van der Waals surface area contributed by atoms with E-state index in [2.05, 4.69) is 33.1 Å². The van der Waals surface area contributed by atoms with E-state index in [0.29, 0.717) is 11.4 Å². The van der Waals surface area contributed by atoms with E-state index in [-0.39, 0.29) is 32.4 Å². The highest BCUT2D eigenvalue weighted by atomic mass is 79.9. The molecular formula is C23H16BrN3O6S. The Morgan fingerprint density at radius 2 is 1.47 bits per heavy atom. The number of nitrogens with one attached hydrogen (secondary N) is 2. The van der Waals surface area contributed by atoms with Crippen LogP contribution in [0.5, 0.6) is 0 Å². The number of hydrogen-bond donors (Lipinski definition) is 4. The quantitative estimate of drug-likeness (QED) is 0.168. The van der Waals surface area contributed by atoms with Gasteiger partial charge >= 0.3 is 0 Å². The third-order valence-corrected chi connectivity index (χ3v) is 6.40. The van der Waals surface area contributed by atoms with Crippen LogP contribution >= 0.6 is 15.9 Å². The third kappa shape index (κ3) is 4.12. The molecule has 1 aliphatic carbocycles. The number of benzene rings is 3. The van der Waals surface area contributed by atoms with Crippen LogP contribution in [0.4, 0.5) is 22.7 Å². The number of halogens is 1. The van der Waals surface area contributed by atoms with Gasteiger partial charge in [0, 0.05) is 22.5 Å². The summed E-state index contributed by atoms with van der Waals surface area (Å²) in [6, 6.07) is 13.4. The maximum Gasteiger partial charge on any atom is 0.296 e. The van der Waals surface area contributed by atoms with Gasteiger partial charge in [0.05, 0.1) is 27.0 Å². The molecule has 3 aromatic rings. The molecule has 172 valence electrons. The van der Waals surface area contributed by atoms with Crippen molar-refractivity contribution in [3.05, 3.63) is 87.9 Å². The van der Waals surface area contributed by atoms with Crippen LogP contribution in [0.2, 0.25) is 0 Å². The summed E-state index contributed by atoms with van der Waals surface area (Å²) in [5.74, 6) is -1.60. The molecule has 4 rings (SSSR count). The molecule has 0 unspecified atom stereocenters. The molecule has 0 spiro atoms. The van der Waals surface area contributed by atoms with Gasteiger partial charge in [0.2, 0.25) is 0 Å². The van der Waals surface area contributed by atoms with Crippen molar-refractivity contribution in [2.75, 3.05) is 16.4 Å². The van der Waals surface area contributed by atoms with Crippen LogP contribution in [0.25, 0.3) is 0 Å². The zero-order valence-electron chi connectivity index (χ0n) is 17.3. The van der Waals surface area contributed by atoms with E-state index in [0.717, 1.165) is 6.07 Å². The fourth-order valence-corrected chi connectivity index (χ4v) is 4.34. The Balaban J connectivity index is 1.84. The van der Waals surface area contributed by atoms with Crippen LogP contribution in [-0.2, 0) is 14.9 Å². The first-order chi connectivity index (χ1) is 16.0. The number of nitrogens with two attached hydrogens (primary N) is 1. The lowest BCUT2D eigenvalue weighted by atomic mass is 9.82. The lowest BCUT2D eigenvalue weighted by Gasteiger charge is -2.23. The maximum atomic E-state index is 13.3. The zero-order chi connectivity index (χ0) is 24.8.